The largest absolute Gasteiger partial charge is 0.496 e. The Balaban J connectivity index is 2.02. The van der Waals surface area contributed by atoms with Crippen LogP contribution in [0.2, 0.25) is 0 Å². The molecule has 1 heterocycles. The SMILES string of the molecule is CCOC(=O)c1c(C)oc2cc(Br)c(OC(=O)c3ccccc3OC)cc12. The monoisotopic (exact) mass is 432 g/mol. The molecule has 0 radical (unpaired) electrons. The third-order valence-electron chi connectivity index (χ3n) is 3.93. The third-order valence-corrected chi connectivity index (χ3v) is 4.55. The van der Waals surface area contributed by atoms with E-state index >= 15 is 0 Å². The van der Waals surface area contributed by atoms with Crippen molar-refractivity contribution in [3.63, 3.8) is 0 Å². The summed E-state index contributed by atoms with van der Waals surface area (Å²) in [6.45, 7) is 3.66. The number of halogens is 1. The van der Waals surface area contributed by atoms with Crippen LogP contribution in [0.5, 0.6) is 11.5 Å². The molecule has 0 aliphatic heterocycles. The minimum absolute atomic E-state index is 0.247. The van der Waals surface area contributed by atoms with Gasteiger partial charge in [-0.15, -0.1) is 0 Å². The molecule has 6 nitrogen and oxygen atoms in total. The van der Waals surface area contributed by atoms with E-state index in [9.17, 15) is 9.59 Å². The van der Waals surface area contributed by atoms with E-state index in [1.807, 2.05) is 0 Å². The first kappa shape index (κ1) is 19.0. The van der Waals surface area contributed by atoms with Gasteiger partial charge < -0.3 is 18.6 Å². The summed E-state index contributed by atoms with van der Waals surface area (Å²) in [4.78, 5) is 24.8. The molecule has 0 aliphatic rings. The van der Waals surface area contributed by atoms with Gasteiger partial charge in [0.05, 0.1) is 18.2 Å². The second kappa shape index (κ2) is 7.84. The molecule has 0 saturated carbocycles. The molecule has 0 fully saturated rings. The van der Waals surface area contributed by atoms with Gasteiger partial charge in [0.15, 0.2) is 0 Å². The van der Waals surface area contributed by atoms with Crippen molar-refractivity contribution in [1.82, 2.24) is 0 Å². The standard InChI is InChI=1S/C20H17BrO6/c1-4-25-20(23)18-11(2)26-16-10-14(21)17(9-13(16)18)27-19(22)12-7-5-6-8-15(12)24-3/h5-10H,4H2,1-3H3. The Hall–Kier alpha value is -2.80. The average Bonchev–Trinajstić information content (AvgIpc) is 2.96. The summed E-state index contributed by atoms with van der Waals surface area (Å²) in [7, 11) is 1.48. The van der Waals surface area contributed by atoms with Crippen LogP contribution in [0.1, 0.15) is 33.4 Å². The lowest BCUT2D eigenvalue weighted by molar-refractivity contribution is 0.0526. The lowest BCUT2D eigenvalue weighted by Gasteiger charge is -2.10. The number of para-hydroxylation sites is 1. The van der Waals surface area contributed by atoms with Crippen molar-refractivity contribution in [2.75, 3.05) is 13.7 Å². The van der Waals surface area contributed by atoms with Gasteiger partial charge in [0.25, 0.3) is 0 Å². The van der Waals surface area contributed by atoms with Crippen molar-refractivity contribution in [1.29, 1.82) is 0 Å². The molecule has 0 unspecified atom stereocenters. The van der Waals surface area contributed by atoms with Gasteiger partial charge >= 0.3 is 11.9 Å². The van der Waals surface area contributed by atoms with Crippen LogP contribution >= 0.6 is 15.9 Å². The van der Waals surface area contributed by atoms with E-state index in [2.05, 4.69) is 15.9 Å². The number of methoxy groups -OCH3 is 1. The van der Waals surface area contributed by atoms with Gasteiger partial charge in [0.1, 0.15) is 34.0 Å². The van der Waals surface area contributed by atoms with Crippen LogP contribution in [0.25, 0.3) is 11.0 Å². The van der Waals surface area contributed by atoms with E-state index in [0.29, 0.717) is 38.1 Å². The fourth-order valence-electron chi connectivity index (χ4n) is 2.72. The van der Waals surface area contributed by atoms with Crippen LogP contribution in [-0.4, -0.2) is 25.7 Å². The Morgan fingerprint density at radius 2 is 1.85 bits per heavy atom. The van der Waals surface area contributed by atoms with Crippen LogP contribution in [-0.2, 0) is 4.74 Å². The number of benzene rings is 2. The normalized spacial score (nSPS) is 10.7. The molecule has 7 heteroatoms. The number of furan rings is 1. The molecule has 0 saturated heterocycles. The van der Waals surface area contributed by atoms with Crippen molar-refractivity contribution in [3.8, 4) is 11.5 Å². The summed E-state index contributed by atoms with van der Waals surface area (Å²) in [6, 6.07) is 9.99. The molecule has 0 atom stereocenters. The summed E-state index contributed by atoms with van der Waals surface area (Å²) in [6.07, 6.45) is 0. The first-order chi connectivity index (χ1) is 13.0. The van der Waals surface area contributed by atoms with Crippen LogP contribution in [0.4, 0.5) is 0 Å². The molecule has 0 N–H and O–H groups in total. The van der Waals surface area contributed by atoms with E-state index in [1.54, 1.807) is 50.2 Å². The maximum atomic E-state index is 12.6. The number of fused-ring (bicyclic) bond motifs is 1. The summed E-state index contributed by atoms with van der Waals surface area (Å²) in [5, 5.41) is 0.511. The van der Waals surface area contributed by atoms with E-state index in [1.165, 1.54) is 7.11 Å². The summed E-state index contributed by atoms with van der Waals surface area (Å²) < 4.78 is 22.0. The first-order valence-electron chi connectivity index (χ1n) is 8.21. The maximum absolute atomic E-state index is 12.6. The van der Waals surface area contributed by atoms with Crippen molar-refractivity contribution < 1.29 is 28.2 Å². The van der Waals surface area contributed by atoms with Gasteiger partial charge in [0, 0.05) is 5.39 Å². The number of hydrogen-bond acceptors (Lipinski definition) is 6. The summed E-state index contributed by atoms with van der Waals surface area (Å²) in [5.41, 5.74) is 1.09. The van der Waals surface area contributed by atoms with Crippen molar-refractivity contribution >= 4 is 38.8 Å². The molecule has 2 aromatic carbocycles. The highest BCUT2D eigenvalue weighted by Crippen LogP contribution is 2.36. The lowest BCUT2D eigenvalue weighted by Crippen LogP contribution is -2.10. The molecular weight excluding hydrogens is 416 g/mol. The minimum atomic E-state index is -0.578. The Morgan fingerprint density at radius 1 is 1.11 bits per heavy atom. The Kier molecular flexibility index (Phi) is 5.51. The Bertz CT molecular complexity index is 1020. The predicted molar refractivity (Wildman–Crippen MR) is 103 cm³/mol. The minimum Gasteiger partial charge on any atom is -0.496 e. The van der Waals surface area contributed by atoms with Crippen LogP contribution < -0.4 is 9.47 Å². The number of ether oxygens (including phenoxy) is 3. The van der Waals surface area contributed by atoms with E-state index < -0.39 is 11.9 Å². The van der Waals surface area contributed by atoms with Crippen LogP contribution in [0.3, 0.4) is 0 Å². The van der Waals surface area contributed by atoms with Crippen LogP contribution in [0, 0.1) is 6.92 Å². The van der Waals surface area contributed by atoms with Gasteiger partial charge in [-0.3, -0.25) is 0 Å². The first-order valence-corrected chi connectivity index (χ1v) is 9.00. The van der Waals surface area contributed by atoms with Gasteiger partial charge in [-0.05, 0) is 54.0 Å². The van der Waals surface area contributed by atoms with Gasteiger partial charge in [-0.2, -0.15) is 0 Å². The number of aryl methyl sites for hydroxylation is 1. The Labute approximate surface area is 164 Å². The molecule has 0 amide bonds. The number of carbonyl (C=O) groups excluding carboxylic acids is 2. The molecule has 0 spiro atoms. The smallest absolute Gasteiger partial charge is 0.347 e. The maximum Gasteiger partial charge on any atom is 0.347 e. The molecule has 3 rings (SSSR count). The molecule has 1 aromatic heterocycles. The quantitative estimate of drug-likeness (QED) is 0.421. The van der Waals surface area contributed by atoms with Gasteiger partial charge in [-0.1, -0.05) is 12.1 Å². The van der Waals surface area contributed by atoms with Gasteiger partial charge in [-0.25, -0.2) is 9.59 Å². The average molecular weight is 433 g/mol. The second-order valence-corrected chi connectivity index (χ2v) is 6.48. The molecule has 3 aromatic rings. The van der Waals surface area contributed by atoms with E-state index in [0.717, 1.165) is 0 Å². The number of rotatable bonds is 5. The topological polar surface area (TPSA) is 75.0 Å². The number of carbonyl (C=O) groups is 2. The molecule has 0 bridgehead atoms. The van der Waals surface area contributed by atoms with E-state index in [-0.39, 0.29) is 12.4 Å². The summed E-state index contributed by atoms with van der Waals surface area (Å²) in [5.74, 6) is 0.0304. The van der Waals surface area contributed by atoms with Crippen molar-refractivity contribution in [2.24, 2.45) is 0 Å². The van der Waals surface area contributed by atoms with Crippen LogP contribution in [0.15, 0.2) is 45.3 Å². The zero-order valence-corrected chi connectivity index (χ0v) is 16.6. The fourth-order valence-corrected chi connectivity index (χ4v) is 3.13. The lowest BCUT2D eigenvalue weighted by atomic mass is 10.1. The highest BCUT2D eigenvalue weighted by molar-refractivity contribution is 9.10. The highest BCUT2D eigenvalue weighted by atomic mass is 79.9. The zero-order valence-electron chi connectivity index (χ0n) is 15.0. The number of hydrogen-bond donors (Lipinski definition) is 0. The molecule has 140 valence electrons. The molecule has 27 heavy (non-hydrogen) atoms. The van der Waals surface area contributed by atoms with E-state index in [4.69, 9.17) is 18.6 Å². The molecular formula is C20H17BrO6. The van der Waals surface area contributed by atoms with Crippen molar-refractivity contribution in [3.05, 3.63) is 57.8 Å². The zero-order chi connectivity index (χ0) is 19.6. The predicted octanol–water partition coefficient (Wildman–Crippen LogP) is 4.91. The van der Waals surface area contributed by atoms with Gasteiger partial charge in [0.2, 0.25) is 0 Å². The van der Waals surface area contributed by atoms with Crippen molar-refractivity contribution in [2.45, 2.75) is 13.8 Å². The third kappa shape index (κ3) is 3.68. The fraction of sp³-hybridized carbons (Fsp3) is 0.200. The second-order valence-electron chi connectivity index (χ2n) is 5.62. The molecule has 0 aliphatic carbocycles. The number of esters is 2. The highest BCUT2D eigenvalue weighted by Gasteiger charge is 2.22. The Morgan fingerprint density at radius 3 is 2.56 bits per heavy atom. The summed E-state index contributed by atoms with van der Waals surface area (Å²) >= 11 is 3.37.